The normalized spacial score (nSPS) is 10.6. The SMILES string of the molecule is CCN(CCO)CCCNC(=O)Nc1nscc1C(N)=O. The van der Waals surface area contributed by atoms with E-state index in [0.717, 1.165) is 31.0 Å². The molecule has 5 N–H and O–H groups in total. The Balaban J connectivity index is 2.28. The Morgan fingerprint density at radius 2 is 2.24 bits per heavy atom. The minimum Gasteiger partial charge on any atom is -0.395 e. The van der Waals surface area contributed by atoms with Gasteiger partial charge in [-0.3, -0.25) is 10.1 Å². The number of nitrogens with two attached hydrogens (primary N) is 1. The number of amides is 3. The minimum atomic E-state index is -0.623. The van der Waals surface area contributed by atoms with Crippen LogP contribution < -0.4 is 16.4 Å². The van der Waals surface area contributed by atoms with Gasteiger partial charge in [0.15, 0.2) is 5.82 Å². The zero-order chi connectivity index (χ0) is 15.7. The molecule has 0 bridgehead atoms. The summed E-state index contributed by atoms with van der Waals surface area (Å²) in [5.74, 6) is -0.442. The molecule has 0 atom stereocenters. The number of aromatic nitrogens is 1. The van der Waals surface area contributed by atoms with Crippen LogP contribution in [0.3, 0.4) is 0 Å². The van der Waals surface area contributed by atoms with Gasteiger partial charge in [-0.2, -0.15) is 4.37 Å². The maximum absolute atomic E-state index is 11.7. The molecule has 0 aliphatic carbocycles. The Labute approximate surface area is 127 Å². The van der Waals surface area contributed by atoms with Gasteiger partial charge < -0.3 is 21.1 Å². The molecule has 1 aromatic heterocycles. The molecule has 9 heteroatoms. The Hall–Kier alpha value is -1.71. The number of aliphatic hydroxyl groups is 1. The van der Waals surface area contributed by atoms with E-state index in [4.69, 9.17) is 10.8 Å². The molecule has 1 heterocycles. The lowest BCUT2D eigenvalue weighted by molar-refractivity contribution is 0.100. The van der Waals surface area contributed by atoms with E-state index in [1.165, 1.54) is 5.38 Å². The third-order valence-corrected chi connectivity index (χ3v) is 3.50. The van der Waals surface area contributed by atoms with Crippen molar-refractivity contribution in [3.8, 4) is 0 Å². The Bertz CT molecular complexity index is 466. The van der Waals surface area contributed by atoms with E-state index in [0.29, 0.717) is 13.1 Å². The second-order valence-electron chi connectivity index (χ2n) is 4.33. The topological polar surface area (TPSA) is 121 Å². The van der Waals surface area contributed by atoms with Gasteiger partial charge >= 0.3 is 6.03 Å². The maximum atomic E-state index is 11.7. The van der Waals surface area contributed by atoms with Crippen LogP contribution in [0.4, 0.5) is 10.6 Å². The lowest BCUT2D eigenvalue weighted by Crippen LogP contribution is -2.34. The number of hydrogen-bond acceptors (Lipinski definition) is 6. The molecule has 0 aliphatic heterocycles. The molecule has 1 aromatic rings. The molecule has 1 rings (SSSR count). The van der Waals surface area contributed by atoms with Crippen LogP contribution in [-0.4, -0.2) is 59.1 Å². The molecule has 0 unspecified atom stereocenters. The number of likely N-dealkylation sites (N-methyl/N-ethyl adjacent to an activating group) is 1. The molecule has 118 valence electrons. The van der Waals surface area contributed by atoms with Gasteiger partial charge in [0, 0.05) is 18.5 Å². The molecule has 8 nitrogen and oxygen atoms in total. The van der Waals surface area contributed by atoms with Crippen molar-refractivity contribution in [1.82, 2.24) is 14.6 Å². The third kappa shape index (κ3) is 6.06. The number of rotatable bonds is 9. The molecule has 0 radical (unpaired) electrons. The van der Waals surface area contributed by atoms with Gasteiger partial charge in [-0.05, 0) is 31.0 Å². The fraction of sp³-hybridized carbons (Fsp3) is 0.583. The first-order valence-corrected chi connectivity index (χ1v) is 7.54. The average molecular weight is 315 g/mol. The van der Waals surface area contributed by atoms with Crippen molar-refractivity contribution in [2.75, 3.05) is 38.1 Å². The molecule has 0 fully saturated rings. The number of urea groups is 1. The predicted molar refractivity (Wildman–Crippen MR) is 81.5 cm³/mol. The van der Waals surface area contributed by atoms with Gasteiger partial charge in [-0.25, -0.2) is 4.79 Å². The van der Waals surface area contributed by atoms with E-state index in [1.807, 2.05) is 6.92 Å². The molecule has 0 spiro atoms. The maximum Gasteiger partial charge on any atom is 0.320 e. The van der Waals surface area contributed by atoms with Crippen LogP contribution in [0.25, 0.3) is 0 Å². The molecule has 21 heavy (non-hydrogen) atoms. The summed E-state index contributed by atoms with van der Waals surface area (Å²) in [6.45, 7) is 4.91. The first kappa shape index (κ1) is 17.3. The Kier molecular flexibility index (Phi) is 7.65. The average Bonchev–Trinajstić information content (AvgIpc) is 2.90. The minimum absolute atomic E-state index is 0.126. The van der Waals surface area contributed by atoms with Crippen LogP contribution in [-0.2, 0) is 0 Å². The lowest BCUT2D eigenvalue weighted by atomic mass is 10.3. The first-order valence-electron chi connectivity index (χ1n) is 6.70. The second-order valence-corrected chi connectivity index (χ2v) is 4.96. The summed E-state index contributed by atoms with van der Waals surface area (Å²) in [5, 5.41) is 15.5. The summed E-state index contributed by atoms with van der Waals surface area (Å²) in [5.41, 5.74) is 5.37. The summed E-state index contributed by atoms with van der Waals surface area (Å²) in [6.07, 6.45) is 0.765. The zero-order valence-electron chi connectivity index (χ0n) is 12.0. The predicted octanol–water partition coefficient (Wildman–Crippen LogP) is 0.0678. The van der Waals surface area contributed by atoms with Crippen molar-refractivity contribution in [3.63, 3.8) is 0 Å². The van der Waals surface area contributed by atoms with Crippen molar-refractivity contribution in [1.29, 1.82) is 0 Å². The number of nitrogens with one attached hydrogen (secondary N) is 2. The van der Waals surface area contributed by atoms with Crippen LogP contribution in [0.2, 0.25) is 0 Å². The molecule has 0 saturated carbocycles. The summed E-state index contributed by atoms with van der Waals surface area (Å²) in [4.78, 5) is 24.8. The first-order chi connectivity index (χ1) is 10.1. The number of carbonyl (C=O) groups is 2. The van der Waals surface area contributed by atoms with Crippen LogP contribution in [0, 0.1) is 0 Å². The van der Waals surface area contributed by atoms with E-state index in [-0.39, 0.29) is 18.0 Å². The van der Waals surface area contributed by atoms with Crippen LogP contribution in [0.15, 0.2) is 5.38 Å². The Morgan fingerprint density at radius 1 is 1.48 bits per heavy atom. The van der Waals surface area contributed by atoms with Crippen molar-refractivity contribution in [3.05, 3.63) is 10.9 Å². The lowest BCUT2D eigenvalue weighted by Gasteiger charge is -2.18. The monoisotopic (exact) mass is 315 g/mol. The van der Waals surface area contributed by atoms with Crippen LogP contribution >= 0.6 is 11.5 Å². The fourth-order valence-corrected chi connectivity index (χ4v) is 2.36. The van der Waals surface area contributed by atoms with Gasteiger partial charge in [0.05, 0.1) is 12.2 Å². The van der Waals surface area contributed by atoms with Gasteiger partial charge in [0.1, 0.15) is 0 Å². The highest BCUT2D eigenvalue weighted by atomic mass is 32.1. The number of aliphatic hydroxyl groups excluding tert-OH is 1. The summed E-state index contributed by atoms with van der Waals surface area (Å²) in [7, 11) is 0. The summed E-state index contributed by atoms with van der Waals surface area (Å²) < 4.78 is 3.90. The molecule has 0 aliphatic rings. The van der Waals surface area contributed by atoms with Crippen LogP contribution in [0.5, 0.6) is 0 Å². The molecule has 0 saturated heterocycles. The smallest absolute Gasteiger partial charge is 0.320 e. The number of carbonyl (C=O) groups excluding carboxylic acids is 2. The molecule has 3 amide bonds. The third-order valence-electron chi connectivity index (χ3n) is 2.87. The van der Waals surface area contributed by atoms with Gasteiger partial charge in [-0.1, -0.05) is 6.92 Å². The highest BCUT2D eigenvalue weighted by Crippen LogP contribution is 2.15. The summed E-state index contributed by atoms with van der Waals surface area (Å²) in [6, 6.07) is -0.423. The van der Waals surface area contributed by atoms with E-state index in [2.05, 4.69) is 19.9 Å². The number of anilines is 1. The van der Waals surface area contributed by atoms with Gasteiger partial charge in [0.25, 0.3) is 5.91 Å². The molecular formula is C12H21N5O3S. The summed E-state index contributed by atoms with van der Waals surface area (Å²) >= 11 is 1.05. The van der Waals surface area contributed by atoms with Crippen molar-refractivity contribution >= 4 is 29.3 Å². The van der Waals surface area contributed by atoms with E-state index < -0.39 is 11.9 Å². The highest BCUT2D eigenvalue weighted by molar-refractivity contribution is 7.04. The van der Waals surface area contributed by atoms with Crippen molar-refractivity contribution < 1.29 is 14.7 Å². The van der Waals surface area contributed by atoms with E-state index in [9.17, 15) is 9.59 Å². The van der Waals surface area contributed by atoms with E-state index in [1.54, 1.807) is 0 Å². The molecule has 0 aromatic carbocycles. The fourth-order valence-electron chi connectivity index (χ4n) is 1.73. The number of nitrogens with zero attached hydrogens (tertiary/aromatic N) is 2. The Morgan fingerprint density at radius 3 is 2.86 bits per heavy atom. The standard InChI is InChI=1S/C12H21N5O3S/c1-2-17(6-7-18)5-3-4-14-12(20)15-11-9(10(13)19)8-21-16-11/h8,18H,2-7H2,1H3,(H2,13,19)(H2,14,15,16,20). The molecular weight excluding hydrogens is 294 g/mol. The zero-order valence-corrected chi connectivity index (χ0v) is 12.8. The van der Waals surface area contributed by atoms with Gasteiger partial charge in [-0.15, -0.1) is 0 Å². The van der Waals surface area contributed by atoms with Crippen molar-refractivity contribution in [2.45, 2.75) is 13.3 Å². The second kappa shape index (κ2) is 9.27. The quantitative estimate of drug-likeness (QED) is 0.481. The number of primary amides is 1. The number of hydrogen-bond donors (Lipinski definition) is 4. The van der Waals surface area contributed by atoms with E-state index >= 15 is 0 Å². The highest BCUT2D eigenvalue weighted by Gasteiger charge is 2.13. The largest absolute Gasteiger partial charge is 0.395 e. The van der Waals surface area contributed by atoms with Crippen LogP contribution in [0.1, 0.15) is 23.7 Å². The van der Waals surface area contributed by atoms with Crippen molar-refractivity contribution in [2.24, 2.45) is 5.73 Å². The van der Waals surface area contributed by atoms with Gasteiger partial charge in [0.2, 0.25) is 0 Å².